The van der Waals surface area contributed by atoms with E-state index in [9.17, 15) is 4.79 Å². The molecule has 2 N–H and O–H groups in total. The fourth-order valence-electron chi connectivity index (χ4n) is 2.90. The van der Waals surface area contributed by atoms with Crippen LogP contribution in [-0.4, -0.2) is 22.3 Å². The number of unbranched alkanes of at least 4 members (excludes halogenated alkanes) is 9. The highest BCUT2D eigenvalue weighted by molar-refractivity contribution is 5.71. The number of carboxylic acid groups (broad SMARTS) is 1. The second-order valence-corrected chi connectivity index (χ2v) is 6.86. The molecule has 0 fully saturated rings. The molecule has 0 heterocycles. The summed E-state index contributed by atoms with van der Waals surface area (Å²) in [5.41, 5.74) is 0. The second kappa shape index (κ2) is 15.3. The van der Waals surface area contributed by atoms with Crippen molar-refractivity contribution in [1.82, 2.24) is 0 Å². The van der Waals surface area contributed by atoms with Crippen LogP contribution in [0.15, 0.2) is 0 Å². The average Bonchev–Trinajstić information content (AvgIpc) is 2.49. The SMILES string of the molecule is CCCCCCCCCC(C)CCCCCCC(O)C(=O)O. The van der Waals surface area contributed by atoms with Gasteiger partial charge in [-0.05, 0) is 12.3 Å². The Bertz CT molecular complexity index is 253. The normalized spacial score (nSPS) is 14.0. The molecule has 3 heteroatoms. The number of carboxylic acids is 1. The van der Waals surface area contributed by atoms with Crippen LogP contribution >= 0.6 is 0 Å². The second-order valence-electron chi connectivity index (χ2n) is 6.86. The quantitative estimate of drug-likeness (QED) is 0.367. The van der Waals surface area contributed by atoms with Gasteiger partial charge in [-0.1, -0.05) is 97.3 Å². The van der Waals surface area contributed by atoms with Crippen LogP contribution in [0, 0.1) is 5.92 Å². The molecule has 0 aromatic heterocycles. The van der Waals surface area contributed by atoms with Gasteiger partial charge in [0.1, 0.15) is 0 Å². The molecule has 0 radical (unpaired) electrons. The first-order valence-electron chi connectivity index (χ1n) is 9.48. The number of aliphatic hydroxyl groups is 1. The first-order chi connectivity index (χ1) is 10.6. The topological polar surface area (TPSA) is 57.5 Å². The van der Waals surface area contributed by atoms with Crippen molar-refractivity contribution in [3.05, 3.63) is 0 Å². The Hall–Kier alpha value is -0.570. The minimum atomic E-state index is -1.17. The summed E-state index contributed by atoms with van der Waals surface area (Å²) < 4.78 is 0. The Morgan fingerprint density at radius 3 is 1.64 bits per heavy atom. The fraction of sp³-hybridized carbons (Fsp3) is 0.947. The smallest absolute Gasteiger partial charge is 0.332 e. The van der Waals surface area contributed by atoms with Gasteiger partial charge < -0.3 is 10.2 Å². The molecule has 2 unspecified atom stereocenters. The van der Waals surface area contributed by atoms with E-state index in [1.54, 1.807) is 0 Å². The van der Waals surface area contributed by atoms with Gasteiger partial charge in [0, 0.05) is 0 Å². The average molecular weight is 315 g/mol. The number of rotatable bonds is 16. The zero-order valence-corrected chi connectivity index (χ0v) is 14.9. The molecule has 0 spiro atoms. The van der Waals surface area contributed by atoms with Gasteiger partial charge in [0.05, 0.1) is 0 Å². The third kappa shape index (κ3) is 14.4. The molecule has 0 aromatic rings. The highest BCUT2D eigenvalue weighted by Crippen LogP contribution is 2.18. The first-order valence-corrected chi connectivity index (χ1v) is 9.48. The van der Waals surface area contributed by atoms with Gasteiger partial charge in [0.2, 0.25) is 0 Å². The molecular weight excluding hydrogens is 276 g/mol. The van der Waals surface area contributed by atoms with Gasteiger partial charge in [-0.3, -0.25) is 0 Å². The molecule has 132 valence electrons. The zero-order chi connectivity index (χ0) is 16.6. The lowest BCUT2D eigenvalue weighted by Crippen LogP contribution is -2.18. The number of aliphatic hydroxyl groups excluding tert-OH is 1. The molecule has 0 aliphatic rings. The van der Waals surface area contributed by atoms with Gasteiger partial charge in [-0.2, -0.15) is 0 Å². The van der Waals surface area contributed by atoms with Crippen LogP contribution in [0.1, 0.15) is 104 Å². The van der Waals surface area contributed by atoms with Crippen molar-refractivity contribution in [3.63, 3.8) is 0 Å². The van der Waals surface area contributed by atoms with Crippen molar-refractivity contribution < 1.29 is 15.0 Å². The third-order valence-electron chi connectivity index (χ3n) is 4.51. The molecule has 3 nitrogen and oxygen atoms in total. The highest BCUT2D eigenvalue weighted by Gasteiger charge is 2.11. The number of aliphatic carboxylic acids is 1. The van der Waals surface area contributed by atoms with Crippen LogP contribution in [0.25, 0.3) is 0 Å². The van der Waals surface area contributed by atoms with E-state index in [0.717, 1.165) is 25.2 Å². The fourth-order valence-corrected chi connectivity index (χ4v) is 2.90. The summed E-state index contributed by atoms with van der Waals surface area (Å²) in [5, 5.41) is 17.7. The lowest BCUT2D eigenvalue weighted by molar-refractivity contribution is -0.146. The molecule has 0 aliphatic heterocycles. The predicted octanol–water partition coefficient (Wildman–Crippen LogP) is 5.55. The van der Waals surface area contributed by atoms with Crippen LogP contribution in [-0.2, 0) is 4.79 Å². The molecule has 0 aliphatic carbocycles. The highest BCUT2D eigenvalue weighted by atomic mass is 16.4. The van der Waals surface area contributed by atoms with E-state index in [-0.39, 0.29) is 0 Å². The molecule has 0 aromatic carbocycles. The van der Waals surface area contributed by atoms with Gasteiger partial charge >= 0.3 is 5.97 Å². The molecule has 0 amide bonds. The Labute approximate surface area is 137 Å². The Morgan fingerprint density at radius 1 is 0.773 bits per heavy atom. The van der Waals surface area contributed by atoms with E-state index < -0.39 is 12.1 Å². The first kappa shape index (κ1) is 21.4. The van der Waals surface area contributed by atoms with Crippen molar-refractivity contribution >= 4 is 5.97 Å². The molecule has 0 bridgehead atoms. The lowest BCUT2D eigenvalue weighted by atomic mass is 9.96. The largest absolute Gasteiger partial charge is 0.479 e. The van der Waals surface area contributed by atoms with E-state index in [0.29, 0.717) is 6.42 Å². The van der Waals surface area contributed by atoms with Gasteiger partial charge in [0.25, 0.3) is 0 Å². The van der Waals surface area contributed by atoms with E-state index in [1.165, 1.54) is 64.2 Å². The van der Waals surface area contributed by atoms with Crippen molar-refractivity contribution in [3.8, 4) is 0 Å². The van der Waals surface area contributed by atoms with Crippen molar-refractivity contribution in [2.75, 3.05) is 0 Å². The van der Waals surface area contributed by atoms with E-state index >= 15 is 0 Å². The lowest BCUT2D eigenvalue weighted by Gasteiger charge is -2.11. The minimum Gasteiger partial charge on any atom is -0.479 e. The van der Waals surface area contributed by atoms with Gasteiger partial charge in [-0.25, -0.2) is 4.79 Å². The predicted molar refractivity (Wildman–Crippen MR) is 93.1 cm³/mol. The molecule has 0 saturated carbocycles. The van der Waals surface area contributed by atoms with Crippen LogP contribution in [0.3, 0.4) is 0 Å². The standard InChI is InChI=1S/C19H38O3/c1-3-4-5-6-7-8-11-14-17(2)15-12-9-10-13-16-18(20)19(21)22/h17-18,20H,3-16H2,1-2H3,(H,21,22). The number of hydrogen-bond acceptors (Lipinski definition) is 2. The van der Waals surface area contributed by atoms with E-state index in [2.05, 4.69) is 13.8 Å². The minimum absolute atomic E-state index is 0.392. The number of carbonyl (C=O) groups is 1. The van der Waals surface area contributed by atoms with Crippen LogP contribution in [0.2, 0.25) is 0 Å². The maximum atomic E-state index is 10.5. The third-order valence-corrected chi connectivity index (χ3v) is 4.51. The summed E-state index contributed by atoms with van der Waals surface area (Å²) in [4.78, 5) is 10.5. The summed E-state index contributed by atoms with van der Waals surface area (Å²) in [6.07, 6.45) is 15.8. The molecular formula is C19H38O3. The van der Waals surface area contributed by atoms with Gasteiger partial charge in [-0.15, -0.1) is 0 Å². The van der Waals surface area contributed by atoms with E-state index in [4.69, 9.17) is 10.2 Å². The summed E-state index contributed by atoms with van der Waals surface area (Å²) in [6, 6.07) is 0. The number of hydrogen-bond donors (Lipinski definition) is 2. The molecule has 2 atom stereocenters. The summed E-state index contributed by atoms with van der Waals surface area (Å²) in [7, 11) is 0. The molecule has 0 saturated heterocycles. The van der Waals surface area contributed by atoms with Crippen LogP contribution < -0.4 is 0 Å². The van der Waals surface area contributed by atoms with Gasteiger partial charge in [0.15, 0.2) is 6.10 Å². The Morgan fingerprint density at radius 2 is 1.18 bits per heavy atom. The monoisotopic (exact) mass is 314 g/mol. The van der Waals surface area contributed by atoms with Crippen molar-refractivity contribution in [2.24, 2.45) is 5.92 Å². The van der Waals surface area contributed by atoms with Crippen LogP contribution in [0.5, 0.6) is 0 Å². The molecule has 22 heavy (non-hydrogen) atoms. The summed E-state index contributed by atoms with van der Waals surface area (Å²) in [5.74, 6) is -0.274. The van der Waals surface area contributed by atoms with Crippen LogP contribution in [0.4, 0.5) is 0 Å². The van der Waals surface area contributed by atoms with Crippen molar-refractivity contribution in [1.29, 1.82) is 0 Å². The Kier molecular flexibility index (Phi) is 14.9. The maximum Gasteiger partial charge on any atom is 0.332 e. The Balaban J connectivity index is 3.25. The summed E-state index contributed by atoms with van der Waals surface area (Å²) in [6.45, 7) is 4.61. The maximum absolute atomic E-state index is 10.5. The molecule has 0 rings (SSSR count). The zero-order valence-electron chi connectivity index (χ0n) is 14.9. The summed E-state index contributed by atoms with van der Waals surface area (Å²) >= 11 is 0. The van der Waals surface area contributed by atoms with Crippen molar-refractivity contribution in [2.45, 2.75) is 110 Å². The van der Waals surface area contributed by atoms with E-state index in [1.807, 2.05) is 0 Å².